The number of aliphatic imine (C=N–C) groups is 1. The third kappa shape index (κ3) is 5.16. The topological polar surface area (TPSA) is 76.9 Å². The monoisotopic (exact) mass is 436 g/mol. The van der Waals surface area contributed by atoms with Gasteiger partial charge in [-0.3, -0.25) is 0 Å². The Morgan fingerprint density at radius 3 is 2.53 bits per heavy atom. The summed E-state index contributed by atoms with van der Waals surface area (Å²) in [7, 11) is 0. The Balaban J connectivity index is 1.40. The molecule has 3 aromatic rings. The van der Waals surface area contributed by atoms with Gasteiger partial charge in [0.1, 0.15) is 5.82 Å². The maximum absolute atomic E-state index is 14.0. The van der Waals surface area contributed by atoms with Crippen molar-refractivity contribution in [2.75, 3.05) is 13.1 Å². The van der Waals surface area contributed by atoms with Gasteiger partial charge in [-0.05, 0) is 43.4 Å². The second-order valence-corrected chi connectivity index (χ2v) is 8.50. The van der Waals surface area contributed by atoms with Gasteiger partial charge in [-0.2, -0.15) is 4.99 Å². The standard InChI is InChI=1S/C25H29FN4O2/c1-16(19-8-10-20(11-9-19)22-6-4-5-7-23(22)26)12-21-13-24(32-29-21)28-25(27)30-14-17(2)31-18(3)15-30/h4-11,13,16-18H,12,14-15H2,1-3H3,(H2,27,28). The fraction of sp³-hybridized carbons (Fsp3) is 0.360. The molecular weight excluding hydrogens is 407 g/mol. The molecule has 1 saturated heterocycles. The Morgan fingerprint density at radius 2 is 1.84 bits per heavy atom. The van der Waals surface area contributed by atoms with Gasteiger partial charge in [0, 0.05) is 24.7 Å². The van der Waals surface area contributed by atoms with Crippen molar-refractivity contribution >= 4 is 11.8 Å². The summed E-state index contributed by atoms with van der Waals surface area (Å²) in [5, 5.41) is 4.16. The average molecular weight is 437 g/mol. The van der Waals surface area contributed by atoms with Crippen LogP contribution in [0.25, 0.3) is 11.1 Å². The van der Waals surface area contributed by atoms with Crippen LogP contribution in [0.2, 0.25) is 0 Å². The van der Waals surface area contributed by atoms with Crippen molar-refractivity contribution in [3.8, 4) is 11.1 Å². The lowest BCUT2D eigenvalue weighted by Crippen LogP contribution is -2.50. The van der Waals surface area contributed by atoms with Gasteiger partial charge in [-0.1, -0.05) is 54.5 Å². The highest BCUT2D eigenvalue weighted by atomic mass is 19.1. The molecule has 0 saturated carbocycles. The number of guanidine groups is 1. The third-order valence-corrected chi connectivity index (χ3v) is 5.69. The van der Waals surface area contributed by atoms with E-state index < -0.39 is 0 Å². The molecule has 1 aromatic heterocycles. The van der Waals surface area contributed by atoms with Gasteiger partial charge in [0.15, 0.2) is 5.96 Å². The van der Waals surface area contributed by atoms with E-state index in [1.807, 2.05) is 55.1 Å². The van der Waals surface area contributed by atoms with Crippen molar-refractivity contribution in [2.45, 2.75) is 45.3 Å². The normalized spacial score (nSPS) is 20.4. The quantitative estimate of drug-likeness (QED) is 0.456. The second kappa shape index (κ2) is 9.53. The Bertz CT molecular complexity index is 1070. The zero-order valence-electron chi connectivity index (χ0n) is 18.7. The summed E-state index contributed by atoms with van der Waals surface area (Å²) >= 11 is 0. The highest BCUT2D eigenvalue weighted by Crippen LogP contribution is 2.27. The molecule has 1 aliphatic heterocycles. The first-order valence-corrected chi connectivity index (χ1v) is 10.9. The minimum absolute atomic E-state index is 0.100. The number of halogens is 1. The first-order chi connectivity index (χ1) is 15.4. The van der Waals surface area contributed by atoms with E-state index in [1.54, 1.807) is 12.1 Å². The molecule has 0 bridgehead atoms. The van der Waals surface area contributed by atoms with Crippen LogP contribution in [0.5, 0.6) is 0 Å². The van der Waals surface area contributed by atoms with Crippen LogP contribution in [0.4, 0.5) is 10.3 Å². The molecule has 32 heavy (non-hydrogen) atoms. The summed E-state index contributed by atoms with van der Waals surface area (Å²) in [6.07, 6.45) is 0.899. The van der Waals surface area contributed by atoms with Gasteiger partial charge in [-0.15, -0.1) is 0 Å². The Kier molecular flexibility index (Phi) is 6.55. The molecule has 7 heteroatoms. The molecular formula is C25H29FN4O2. The molecule has 2 heterocycles. The van der Waals surface area contributed by atoms with Gasteiger partial charge in [0.25, 0.3) is 5.88 Å². The maximum Gasteiger partial charge on any atom is 0.253 e. The molecule has 6 nitrogen and oxygen atoms in total. The number of ether oxygens (including phenoxy) is 1. The third-order valence-electron chi connectivity index (χ3n) is 5.69. The first kappa shape index (κ1) is 22.0. The number of morpholine rings is 1. The fourth-order valence-electron chi connectivity index (χ4n) is 4.12. The SMILES string of the molecule is CC1CN(C(N)=Nc2cc(CC(C)c3ccc(-c4ccccc4F)cc3)no2)CC(C)O1. The second-order valence-electron chi connectivity index (χ2n) is 8.50. The van der Waals surface area contributed by atoms with Crippen molar-refractivity contribution in [1.82, 2.24) is 10.1 Å². The predicted molar refractivity (Wildman–Crippen MR) is 123 cm³/mol. The first-order valence-electron chi connectivity index (χ1n) is 10.9. The van der Waals surface area contributed by atoms with E-state index in [-0.39, 0.29) is 23.9 Å². The van der Waals surface area contributed by atoms with Crippen LogP contribution < -0.4 is 5.73 Å². The minimum atomic E-state index is -0.218. The molecule has 2 aromatic carbocycles. The van der Waals surface area contributed by atoms with Gasteiger partial charge in [-0.25, -0.2) is 4.39 Å². The van der Waals surface area contributed by atoms with Crippen LogP contribution >= 0.6 is 0 Å². The van der Waals surface area contributed by atoms with Gasteiger partial charge in [0.05, 0.1) is 17.9 Å². The van der Waals surface area contributed by atoms with E-state index in [0.29, 0.717) is 36.9 Å². The Morgan fingerprint density at radius 1 is 1.16 bits per heavy atom. The van der Waals surface area contributed by atoms with E-state index in [4.69, 9.17) is 15.0 Å². The Hall–Kier alpha value is -3.19. The van der Waals surface area contributed by atoms with Crippen LogP contribution in [-0.2, 0) is 11.2 Å². The smallest absolute Gasteiger partial charge is 0.253 e. The van der Waals surface area contributed by atoms with Crippen molar-refractivity contribution in [3.05, 3.63) is 71.7 Å². The predicted octanol–water partition coefficient (Wildman–Crippen LogP) is 4.88. The fourth-order valence-corrected chi connectivity index (χ4v) is 4.12. The van der Waals surface area contributed by atoms with Crippen LogP contribution in [0.1, 0.15) is 37.9 Å². The zero-order chi connectivity index (χ0) is 22.7. The summed E-state index contributed by atoms with van der Waals surface area (Å²) in [6, 6.07) is 16.6. The number of rotatable bonds is 5. The number of aromatic nitrogens is 1. The molecule has 3 atom stereocenters. The van der Waals surface area contributed by atoms with Crippen molar-refractivity contribution < 1.29 is 13.7 Å². The summed E-state index contributed by atoms with van der Waals surface area (Å²) in [6.45, 7) is 7.56. The molecule has 0 aliphatic carbocycles. The molecule has 3 unspecified atom stereocenters. The highest BCUT2D eigenvalue weighted by Gasteiger charge is 2.23. The molecule has 0 amide bonds. The largest absolute Gasteiger partial charge is 0.372 e. The minimum Gasteiger partial charge on any atom is -0.372 e. The van der Waals surface area contributed by atoms with Crippen molar-refractivity contribution in [2.24, 2.45) is 10.7 Å². The molecule has 1 aliphatic rings. The van der Waals surface area contributed by atoms with E-state index in [9.17, 15) is 4.39 Å². The van der Waals surface area contributed by atoms with E-state index in [2.05, 4.69) is 17.1 Å². The van der Waals surface area contributed by atoms with Crippen LogP contribution in [0.3, 0.4) is 0 Å². The lowest BCUT2D eigenvalue weighted by atomic mass is 9.94. The van der Waals surface area contributed by atoms with E-state index in [0.717, 1.165) is 16.8 Å². The van der Waals surface area contributed by atoms with E-state index >= 15 is 0 Å². The number of hydrogen-bond donors (Lipinski definition) is 1. The van der Waals surface area contributed by atoms with E-state index in [1.165, 1.54) is 6.07 Å². The average Bonchev–Trinajstić information content (AvgIpc) is 3.20. The van der Waals surface area contributed by atoms with Gasteiger partial charge in [0.2, 0.25) is 0 Å². The molecule has 168 valence electrons. The number of nitrogens with two attached hydrogens (primary N) is 1. The summed E-state index contributed by atoms with van der Waals surface area (Å²) in [4.78, 5) is 6.41. The van der Waals surface area contributed by atoms with Gasteiger partial charge >= 0.3 is 0 Å². The van der Waals surface area contributed by atoms with Crippen LogP contribution in [-0.4, -0.2) is 41.3 Å². The van der Waals surface area contributed by atoms with Crippen molar-refractivity contribution in [3.63, 3.8) is 0 Å². The molecule has 0 radical (unpaired) electrons. The summed E-state index contributed by atoms with van der Waals surface area (Å²) in [5.41, 5.74) is 9.61. The maximum atomic E-state index is 14.0. The molecule has 1 fully saturated rings. The van der Waals surface area contributed by atoms with Crippen LogP contribution in [0.15, 0.2) is 64.1 Å². The molecule has 2 N–H and O–H groups in total. The number of benzene rings is 2. The zero-order valence-corrected chi connectivity index (χ0v) is 18.7. The van der Waals surface area contributed by atoms with Crippen molar-refractivity contribution in [1.29, 1.82) is 0 Å². The lowest BCUT2D eigenvalue weighted by molar-refractivity contribution is -0.0483. The number of nitrogens with zero attached hydrogens (tertiary/aromatic N) is 3. The number of hydrogen-bond acceptors (Lipinski definition) is 4. The molecule has 4 rings (SSSR count). The lowest BCUT2D eigenvalue weighted by Gasteiger charge is -2.35. The van der Waals surface area contributed by atoms with Crippen LogP contribution in [0, 0.1) is 5.82 Å². The molecule has 0 spiro atoms. The summed E-state index contributed by atoms with van der Waals surface area (Å²) in [5.74, 6) is 0.798. The Labute approximate surface area is 187 Å². The summed E-state index contributed by atoms with van der Waals surface area (Å²) < 4.78 is 25.2. The highest BCUT2D eigenvalue weighted by molar-refractivity contribution is 5.80. The van der Waals surface area contributed by atoms with Gasteiger partial charge < -0.3 is 19.9 Å².